The van der Waals surface area contributed by atoms with Crippen LogP contribution < -0.4 is 28.6 Å². The predicted octanol–water partition coefficient (Wildman–Crippen LogP) is 3.68. The van der Waals surface area contributed by atoms with Crippen molar-refractivity contribution in [2.75, 3.05) is 60.2 Å². The molecule has 0 spiro atoms. The van der Waals surface area contributed by atoms with Crippen LogP contribution >= 0.6 is 23.7 Å². The van der Waals surface area contributed by atoms with E-state index in [2.05, 4.69) is 0 Å². The molecule has 4 rings (SSSR count). The highest BCUT2D eigenvalue weighted by molar-refractivity contribution is 7.22. The Balaban J connectivity index is 0.00000306. The average molecular weight is 496 g/mol. The van der Waals surface area contributed by atoms with Gasteiger partial charge in [0.15, 0.2) is 28.1 Å². The molecule has 0 fully saturated rings. The number of nitrogens with zero attached hydrogens (tertiary/aromatic N) is 3. The van der Waals surface area contributed by atoms with E-state index in [4.69, 9.17) is 28.7 Å². The molecule has 0 unspecified atom stereocenters. The van der Waals surface area contributed by atoms with Crippen molar-refractivity contribution in [2.45, 2.75) is 0 Å². The van der Waals surface area contributed by atoms with Gasteiger partial charge in [-0.3, -0.25) is 9.69 Å². The number of amides is 1. The molecule has 2 aromatic carbocycles. The SMILES string of the molecule is COc1cc(C(=O)N(CCN(C)C)c2nc3cc4c(cc3s2)OCO4)cc(OC)c1OC.Cl. The Kier molecular flexibility index (Phi) is 7.72. The first-order chi connectivity index (χ1) is 15.4. The van der Waals surface area contributed by atoms with Crippen LogP contribution in [-0.2, 0) is 0 Å². The van der Waals surface area contributed by atoms with Crippen LogP contribution in [0.4, 0.5) is 5.13 Å². The summed E-state index contributed by atoms with van der Waals surface area (Å²) in [6.45, 7) is 1.32. The largest absolute Gasteiger partial charge is 0.493 e. The van der Waals surface area contributed by atoms with E-state index in [-0.39, 0.29) is 25.1 Å². The summed E-state index contributed by atoms with van der Waals surface area (Å²) >= 11 is 1.43. The van der Waals surface area contributed by atoms with Crippen molar-refractivity contribution in [1.29, 1.82) is 0 Å². The molecule has 0 aliphatic carbocycles. The van der Waals surface area contributed by atoms with Gasteiger partial charge in [0.05, 0.1) is 31.5 Å². The van der Waals surface area contributed by atoms with Crippen LogP contribution in [0.3, 0.4) is 0 Å². The van der Waals surface area contributed by atoms with Crippen LogP contribution in [0, 0.1) is 0 Å². The highest BCUT2D eigenvalue weighted by Crippen LogP contribution is 2.41. The Bertz CT molecular complexity index is 1090. The van der Waals surface area contributed by atoms with E-state index in [1.807, 2.05) is 31.1 Å². The molecular formula is C22H26ClN3O6S. The number of rotatable bonds is 8. The number of thiazole rings is 1. The number of hydrogen-bond donors (Lipinski definition) is 0. The number of halogens is 1. The van der Waals surface area contributed by atoms with Gasteiger partial charge in [0.2, 0.25) is 12.5 Å². The molecule has 178 valence electrons. The zero-order chi connectivity index (χ0) is 22.8. The first-order valence-electron chi connectivity index (χ1n) is 9.92. The molecule has 9 nitrogen and oxygen atoms in total. The number of ether oxygens (including phenoxy) is 5. The third kappa shape index (κ3) is 4.87. The van der Waals surface area contributed by atoms with Crippen molar-refractivity contribution in [2.24, 2.45) is 0 Å². The first-order valence-corrected chi connectivity index (χ1v) is 10.7. The number of methoxy groups -OCH3 is 3. The predicted molar refractivity (Wildman–Crippen MR) is 129 cm³/mol. The van der Waals surface area contributed by atoms with E-state index in [0.29, 0.717) is 52.5 Å². The quantitative estimate of drug-likeness (QED) is 0.468. The number of likely N-dealkylation sites (N-methyl/N-ethyl adjacent to an activating group) is 1. The Hall–Kier alpha value is -2.95. The van der Waals surface area contributed by atoms with Gasteiger partial charge in [-0.2, -0.15) is 0 Å². The van der Waals surface area contributed by atoms with E-state index < -0.39 is 0 Å². The van der Waals surface area contributed by atoms with Gasteiger partial charge in [0.25, 0.3) is 5.91 Å². The third-order valence-corrected chi connectivity index (χ3v) is 6.07. The molecule has 1 aromatic heterocycles. The smallest absolute Gasteiger partial charge is 0.260 e. The Morgan fingerprint density at radius 2 is 1.64 bits per heavy atom. The van der Waals surface area contributed by atoms with Gasteiger partial charge in [-0.25, -0.2) is 4.98 Å². The Morgan fingerprint density at radius 1 is 1.00 bits per heavy atom. The van der Waals surface area contributed by atoms with Gasteiger partial charge in [0.1, 0.15) is 0 Å². The molecule has 1 amide bonds. The molecule has 0 bridgehead atoms. The maximum Gasteiger partial charge on any atom is 0.260 e. The lowest BCUT2D eigenvalue weighted by Crippen LogP contribution is -2.36. The average Bonchev–Trinajstić information content (AvgIpc) is 3.41. The van der Waals surface area contributed by atoms with Crippen molar-refractivity contribution >= 4 is 45.0 Å². The molecule has 0 saturated heterocycles. The third-order valence-electron chi connectivity index (χ3n) is 5.03. The maximum absolute atomic E-state index is 13.6. The molecule has 0 atom stereocenters. The molecule has 2 heterocycles. The lowest BCUT2D eigenvalue weighted by Gasteiger charge is -2.23. The standard InChI is InChI=1S/C22H25N3O6S.ClH/c1-24(2)6-7-25(21(26)13-8-17(27-3)20(29-5)18(9-13)28-4)22-23-14-10-15-16(31-12-30-15)11-19(14)32-22;/h8-11H,6-7,12H2,1-5H3;1H. The number of carbonyl (C=O) groups is 1. The van der Waals surface area contributed by atoms with Gasteiger partial charge in [-0.05, 0) is 26.2 Å². The van der Waals surface area contributed by atoms with Gasteiger partial charge in [-0.1, -0.05) is 11.3 Å². The summed E-state index contributed by atoms with van der Waals surface area (Å²) in [6, 6.07) is 7.03. The second kappa shape index (κ2) is 10.3. The second-order valence-electron chi connectivity index (χ2n) is 7.34. The number of anilines is 1. The topological polar surface area (TPSA) is 82.6 Å². The Morgan fingerprint density at radius 3 is 2.21 bits per heavy atom. The summed E-state index contributed by atoms with van der Waals surface area (Å²) in [5, 5.41) is 0.587. The van der Waals surface area contributed by atoms with Gasteiger partial charge >= 0.3 is 0 Å². The number of benzene rings is 2. The summed E-state index contributed by atoms with van der Waals surface area (Å²) in [6.07, 6.45) is 0. The van der Waals surface area contributed by atoms with E-state index in [1.165, 1.54) is 32.7 Å². The fourth-order valence-corrected chi connectivity index (χ4v) is 4.37. The van der Waals surface area contributed by atoms with Crippen molar-refractivity contribution in [3.05, 3.63) is 29.8 Å². The maximum atomic E-state index is 13.6. The van der Waals surface area contributed by atoms with Crippen LogP contribution in [-0.4, -0.2) is 71.1 Å². The van der Waals surface area contributed by atoms with Crippen LogP contribution in [0.1, 0.15) is 10.4 Å². The van der Waals surface area contributed by atoms with Crippen molar-refractivity contribution in [1.82, 2.24) is 9.88 Å². The molecule has 0 saturated carbocycles. The monoisotopic (exact) mass is 495 g/mol. The van der Waals surface area contributed by atoms with Crippen LogP contribution in [0.2, 0.25) is 0 Å². The zero-order valence-electron chi connectivity index (χ0n) is 19.0. The summed E-state index contributed by atoms with van der Waals surface area (Å²) in [7, 11) is 8.48. The number of fused-ring (bicyclic) bond motifs is 2. The fourth-order valence-electron chi connectivity index (χ4n) is 3.37. The lowest BCUT2D eigenvalue weighted by molar-refractivity contribution is 0.0984. The van der Waals surface area contributed by atoms with Crippen LogP contribution in [0.15, 0.2) is 24.3 Å². The number of carbonyl (C=O) groups excluding carboxylic acids is 1. The minimum absolute atomic E-state index is 0. The molecule has 11 heteroatoms. The highest BCUT2D eigenvalue weighted by atomic mass is 35.5. The summed E-state index contributed by atoms with van der Waals surface area (Å²) < 4.78 is 28.1. The molecule has 1 aliphatic heterocycles. The van der Waals surface area contributed by atoms with Crippen molar-refractivity contribution < 1.29 is 28.5 Å². The van der Waals surface area contributed by atoms with Crippen molar-refractivity contribution in [3.63, 3.8) is 0 Å². The highest BCUT2D eigenvalue weighted by Gasteiger charge is 2.26. The van der Waals surface area contributed by atoms with Gasteiger partial charge in [-0.15, -0.1) is 12.4 Å². The molecule has 0 N–H and O–H groups in total. The fraction of sp³-hybridized carbons (Fsp3) is 0.364. The van der Waals surface area contributed by atoms with E-state index in [9.17, 15) is 4.79 Å². The lowest BCUT2D eigenvalue weighted by atomic mass is 10.1. The second-order valence-corrected chi connectivity index (χ2v) is 8.35. The molecule has 1 aliphatic rings. The minimum Gasteiger partial charge on any atom is -0.493 e. The molecule has 3 aromatic rings. The zero-order valence-corrected chi connectivity index (χ0v) is 20.7. The summed E-state index contributed by atoms with van der Waals surface area (Å²) in [4.78, 5) is 22.0. The first kappa shape index (κ1) is 24.7. The minimum atomic E-state index is -0.217. The summed E-state index contributed by atoms with van der Waals surface area (Å²) in [5.41, 5.74) is 1.16. The van der Waals surface area contributed by atoms with Crippen LogP contribution in [0.25, 0.3) is 10.2 Å². The number of aromatic nitrogens is 1. The molecule has 33 heavy (non-hydrogen) atoms. The van der Waals surface area contributed by atoms with Gasteiger partial charge in [0, 0.05) is 30.8 Å². The van der Waals surface area contributed by atoms with E-state index >= 15 is 0 Å². The normalized spacial score (nSPS) is 11.9. The molecular weight excluding hydrogens is 470 g/mol. The Labute approximate surface area is 202 Å². The van der Waals surface area contributed by atoms with Crippen molar-refractivity contribution in [3.8, 4) is 28.7 Å². The summed E-state index contributed by atoms with van der Waals surface area (Å²) in [5.74, 6) is 2.38. The number of hydrogen-bond acceptors (Lipinski definition) is 9. The van der Waals surface area contributed by atoms with E-state index in [1.54, 1.807) is 17.0 Å². The van der Waals surface area contributed by atoms with E-state index in [0.717, 1.165) is 10.2 Å². The van der Waals surface area contributed by atoms with Crippen LogP contribution in [0.5, 0.6) is 28.7 Å². The molecule has 0 radical (unpaired) electrons. The van der Waals surface area contributed by atoms with Gasteiger partial charge < -0.3 is 28.6 Å².